The molecule has 2 aromatic rings. The predicted molar refractivity (Wildman–Crippen MR) is 109 cm³/mol. The number of carbonyl (C=O) groups is 3. The average Bonchev–Trinajstić information content (AvgIpc) is 3.55. The molecule has 31 heavy (non-hydrogen) atoms. The number of ether oxygens (including phenoxy) is 1. The molecule has 1 saturated carbocycles. The first-order chi connectivity index (χ1) is 14.9. The second-order valence-corrected chi connectivity index (χ2v) is 7.18. The Morgan fingerprint density at radius 2 is 1.71 bits per heavy atom. The number of halogens is 2. The SMILES string of the molecule is O=C(CNC(=O)c1ccc(F)cc1F)NCCc1ccc(OCC(=O)NC2CC2)cc1. The van der Waals surface area contributed by atoms with Gasteiger partial charge in [0.05, 0.1) is 12.1 Å². The minimum Gasteiger partial charge on any atom is -0.484 e. The Morgan fingerprint density at radius 3 is 2.39 bits per heavy atom. The number of rotatable bonds is 10. The van der Waals surface area contributed by atoms with Crippen LogP contribution in [0, 0.1) is 11.6 Å². The molecule has 2 aromatic carbocycles. The molecule has 1 aliphatic rings. The lowest BCUT2D eigenvalue weighted by molar-refractivity contribution is -0.123. The molecule has 1 aliphatic carbocycles. The van der Waals surface area contributed by atoms with Crippen LogP contribution in [0.15, 0.2) is 42.5 Å². The van der Waals surface area contributed by atoms with Crippen LogP contribution in [0.3, 0.4) is 0 Å². The van der Waals surface area contributed by atoms with Crippen molar-refractivity contribution < 1.29 is 27.9 Å². The number of carbonyl (C=O) groups excluding carboxylic acids is 3. The molecule has 0 spiro atoms. The minimum atomic E-state index is -0.992. The Kier molecular flexibility index (Phi) is 7.53. The molecule has 3 N–H and O–H groups in total. The van der Waals surface area contributed by atoms with Crippen molar-refractivity contribution in [1.29, 1.82) is 0 Å². The van der Waals surface area contributed by atoms with E-state index in [2.05, 4.69) is 16.0 Å². The van der Waals surface area contributed by atoms with Gasteiger partial charge >= 0.3 is 0 Å². The molecule has 3 amide bonds. The van der Waals surface area contributed by atoms with E-state index in [9.17, 15) is 23.2 Å². The summed E-state index contributed by atoms with van der Waals surface area (Å²) in [5.74, 6) is -2.57. The van der Waals surface area contributed by atoms with Gasteiger partial charge < -0.3 is 20.7 Å². The van der Waals surface area contributed by atoms with E-state index in [0.717, 1.165) is 30.5 Å². The van der Waals surface area contributed by atoms with E-state index in [4.69, 9.17) is 4.74 Å². The molecule has 7 nitrogen and oxygen atoms in total. The first-order valence-electron chi connectivity index (χ1n) is 9.92. The number of amides is 3. The zero-order chi connectivity index (χ0) is 22.2. The zero-order valence-corrected chi connectivity index (χ0v) is 16.8. The number of benzene rings is 2. The summed E-state index contributed by atoms with van der Waals surface area (Å²) < 4.78 is 31.9. The van der Waals surface area contributed by atoms with Crippen LogP contribution in [0.2, 0.25) is 0 Å². The lowest BCUT2D eigenvalue weighted by Gasteiger charge is -2.09. The molecule has 0 atom stereocenters. The van der Waals surface area contributed by atoms with Gasteiger partial charge in [0, 0.05) is 18.7 Å². The van der Waals surface area contributed by atoms with Crippen molar-refractivity contribution in [2.75, 3.05) is 19.7 Å². The summed E-state index contributed by atoms with van der Waals surface area (Å²) >= 11 is 0. The molecule has 0 heterocycles. The van der Waals surface area contributed by atoms with Gasteiger partial charge in [-0.25, -0.2) is 8.78 Å². The molecule has 0 saturated heterocycles. The van der Waals surface area contributed by atoms with Crippen molar-refractivity contribution in [3.05, 3.63) is 65.2 Å². The van der Waals surface area contributed by atoms with Crippen LogP contribution in [0.1, 0.15) is 28.8 Å². The summed E-state index contributed by atoms with van der Waals surface area (Å²) in [6.45, 7) is -0.0194. The lowest BCUT2D eigenvalue weighted by atomic mass is 10.1. The van der Waals surface area contributed by atoms with Crippen LogP contribution in [-0.2, 0) is 16.0 Å². The van der Waals surface area contributed by atoms with Crippen molar-refractivity contribution >= 4 is 17.7 Å². The summed E-state index contributed by atoms with van der Waals surface area (Å²) in [5.41, 5.74) is 0.619. The Morgan fingerprint density at radius 1 is 0.968 bits per heavy atom. The van der Waals surface area contributed by atoms with Crippen LogP contribution in [0.4, 0.5) is 8.78 Å². The monoisotopic (exact) mass is 431 g/mol. The molecule has 0 aromatic heterocycles. The van der Waals surface area contributed by atoms with Gasteiger partial charge in [-0.15, -0.1) is 0 Å². The highest BCUT2D eigenvalue weighted by atomic mass is 19.1. The van der Waals surface area contributed by atoms with Crippen LogP contribution >= 0.6 is 0 Å². The first kappa shape index (κ1) is 22.2. The standard InChI is InChI=1S/C22H23F2N3O4/c23-15-3-8-18(19(24)11-15)22(30)26-12-20(28)25-10-9-14-1-6-17(7-2-14)31-13-21(29)27-16-4-5-16/h1-3,6-8,11,16H,4-5,9-10,12-13H2,(H,25,28)(H,26,30)(H,27,29). The Hall–Kier alpha value is -3.49. The van der Waals surface area contributed by atoms with Gasteiger partial charge in [-0.1, -0.05) is 12.1 Å². The maximum absolute atomic E-state index is 13.6. The molecule has 3 rings (SSSR count). The maximum atomic E-state index is 13.6. The third-order valence-electron chi connectivity index (χ3n) is 4.56. The Balaban J connectivity index is 1.33. The molecule has 0 unspecified atom stereocenters. The van der Waals surface area contributed by atoms with Gasteiger partial charge in [0.2, 0.25) is 5.91 Å². The first-order valence-corrected chi connectivity index (χ1v) is 9.92. The van der Waals surface area contributed by atoms with E-state index in [1.807, 2.05) is 12.1 Å². The van der Waals surface area contributed by atoms with Crippen LogP contribution in [0.5, 0.6) is 5.75 Å². The van der Waals surface area contributed by atoms with E-state index in [1.165, 1.54) is 0 Å². The third-order valence-corrected chi connectivity index (χ3v) is 4.56. The van der Waals surface area contributed by atoms with Crippen LogP contribution in [-0.4, -0.2) is 43.5 Å². The van der Waals surface area contributed by atoms with Gasteiger partial charge in [-0.2, -0.15) is 0 Å². The van der Waals surface area contributed by atoms with Crippen molar-refractivity contribution in [2.45, 2.75) is 25.3 Å². The van der Waals surface area contributed by atoms with E-state index in [1.54, 1.807) is 12.1 Å². The summed E-state index contributed by atoms with van der Waals surface area (Å²) in [5, 5.41) is 7.78. The molecule has 0 aliphatic heterocycles. The van der Waals surface area contributed by atoms with Crippen molar-refractivity contribution in [2.24, 2.45) is 0 Å². The molecule has 1 fully saturated rings. The Labute approximate surface area is 178 Å². The highest BCUT2D eigenvalue weighted by Gasteiger charge is 2.23. The summed E-state index contributed by atoms with van der Waals surface area (Å²) in [6, 6.07) is 10.1. The quantitative estimate of drug-likeness (QED) is 0.534. The number of hydrogen-bond acceptors (Lipinski definition) is 4. The molecule has 0 bridgehead atoms. The van der Waals surface area contributed by atoms with Gasteiger partial charge in [0.25, 0.3) is 11.8 Å². The summed E-state index contributed by atoms with van der Waals surface area (Å²) in [7, 11) is 0. The maximum Gasteiger partial charge on any atom is 0.258 e. The topological polar surface area (TPSA) is 96.5 Å². The lowest BCUT2D eigenvalue weighted by Crippen LogP contribution is -2.38. The van der Waals surface area contributed by atoms with Gasteiger partial charge in [-0.3, -0.25) is 14.4 Å². The Bertz CT molecular complexity index is 946. The predicted octanol–water partition coefficient (Wildman–Crippen LogP) is 1.71. The van der Waals surface area contributed by atoms with E-state index in [0.29, 0.717) is 30.8 Å². The highest BCUT2D eigenvalue weighted by Crippen LogP contribution is 2.18. The summed E-state index contributed by atoms with van der Waals surface area (Å²) in [4.78, 5) is 35.3. The van der Waals surface area contributed by atoms with Gasteiger partial charge in [-0.05, 0) is 49.1 Å². The van der Waals surface area contributed by atoms with Crippen LogP contribution < -0.4 is 20.7 Å². The second-order valence-electron chi connectivity index (χ2n) is 7.18. The van der Waals surface area contributed by atoms with Crippen molar-refractivity contribution in [3.63, 3.8) is 0 Å². The third kappa shape index (κ3) is 7.36. The van der Waals surface area contributed by atoms with Crippen LogP contribution in [0.25, 0.3) is 0 Å². The fourth-order valence-electron chi connectivity index (χ4n) is 2.74. The summed E-state index contributed by atoms with van der Waals surface area (Å²) in [6.07, 6.45) is 2.60. The van der Waals surface area contributed by atoms with Crippen molar-refractivity contribution in [3.8, 4) is 5.75 Å². The van der Waals surface area contributed by atoms with Crippen molar-refractivity contribution in [1.82, 2.24) is 16.0 Å². The van der Waals surface area contributed by atoms with Gasteiger partial charge in [0.1, 0.15) is 17.4 Å². The minimum absolute atomic E-state index is 0.0283. The highest BCUT2D eigenvalue weighted by molar-refractivity contribution is 5.96. The number of nitrogens with one attached hydrogen (secondary N) is 3. The molecule has 0 radical (unpaired) electrons. The van der Waals surface area contributed by atoms with E-state index in [-0.39, 0.29) is 24.6 Å². The molecular formula is C22H23F2N3O4. The smallest absolute Gasteiger partial charge is 0.258 e. The fourth-order valence-corrected chi connectivity index (χ4v) is 2.74. The molecular weight excluding hydrogens is 408 g/mol. The average molecular weight is 431 g/mol. The largest absolute Gasteiger partial charge is 0.484 e. The van der Waals surface area contributed by atoms with E-state index >= 15 is 0 Å². The molecule has 9 heteroatoms. The van der Waals surface area contributed by atoms with Gasteiger partial charge in [0.15, 0.2) is 6.61 Å². The normalized spacial score (nSPS) is 12.7. The second kappa shape index (κ2) is 10.5. The fraction of sp³-hybridized carbons (Fsp3) is 0.318. The molecule has 164 valence electrons. The zero-order valence-electron chi connectivity index (χ0n) is 16.8. The van der Waals surface area contributed by atoms with E-state index < -0.39 is 23.4 Å². The number of hydrogen-bond donors (Lipinski definition) is 3.